The number of allylic oxidation sites excluding steroid dienone is 1. The first kappa shape index (κ1) is 20.5. The summed E-state index contributed by atoms with van der Waals surface area (Å²) in [6.45, 7) is 1.24. The van der Waals surface area contributed by atoms with Crippen LogP contribution in [0.1, 0.15) is 29.0 Å². The van der Waals surface area contributed by atoms with Crippen molar-refractivity contribution >= 4 is 17.2 Å². The van der Waals surface area contributed by atoms with Gasteiger partial charge < -0.3 is 24.6 Å². The molecule has 0 unspecified atom stereocenters. The highest BCUT2D eigenvalue weighted by Gasteiger charge is 2.28. The van der Waals surface area contributed by atoms with Gasteiger partial charge >= 0.3 is 0 Å². The molecule has 0 bridgehead atoms. The highest BCUT2D eigenvalue weighted by molar-refractivity contribution is 7.08. The fourth-order valence-corrected chi connectivity index (χ4v) is 3.65. The van der Waals surface area contributed by atoms with Crippen molar-refractivity contribution in [2.45, 2.75) is 31.8 Å². The van der Waals surface area contributed by atoms with E-state index in [1.807, 2.05) is 35.7 Å². The maximum absolute atomic E-state index is 12.4. The standard InChI is InChI=1S/C21H25NO5S/c1-25-8-7-22-21(24)19-10-18(17-6-9-28-14-17)11-20(27-19)26-13-16-4-2-15(12-23)3-5-16/h2-6,9-10,14,18,20,23H,7-8,11-13H2,1H3,(H,22,24)/t18-,20+/m1/s1. The molecule has 7 heteroatoms. The lowest BCUT2D eigenvalue weighted by atomic mass is 9.95. The Morgan fingerprint density at radius 3 is 2.75 bits per heavy atom. The number of carbonyl (C=O) groups excluding carboxylic acids is 1. The van der Waals surface area contributed by atoms with E-state index in [2.05, 4.69) is 16.8 Å². The zero-order chi connectivity index (χ0) is 19.8. The van der Waals surface area contributed by atoms with E-state index in [0.717, 1.165) is 16.7 Å². The average molecular weight is 404 g/mol. The van der Waals surface area contributed by atoms with Crippen LogP contribution in [0.25, 0.3) is 0 Å². The number of aliphatic hydroxyl groups excluding tert-OH is 1. The summed E-state index contributed by atoms with van der Waals surface area (Å²) in [5.74, 6) is 0.0713. The third-order valence-electron chi connectivity index (χ3n) is 4.49. The number of thiophene rings is 1. The minimum Gasteiger partial charge on any atom is -0.459 e. The van der Waals surface area contributed by atoms with Crippen LogP contribution in [0.4, 0.5) is 0 Å². The molecule has 6 nitrogen and oxygen atoms in total. The van der Waals surface area contributed by atoms with Gasteiger partial charge in [-0.3, -0.25) is 4.79 Å². The summed E-state index contributed by atoms with van der Waals surface area (Å²) in [7, 11) is 1.59. The predicted octanol–water partition coefficient (Wildman–Crippen LogP) is 2.93. The molecular weight excluding hydrogens is 378 g/mol. The summed E-state index contributed by atoms with van der Waals surface area (Å²) in [4.78, 5) is 12.4. The van der Waals surface area contributed by atoms with Crippen LogP contribution < -0.4 is 5.32 Å². The van der Waals surface area contributed by atoms with Crippen molar-refractivity contribution in [1.82, 2.24) is 5.32 Å². The molecule has 0 aliphatic carbocycles. The quantitative estimate of drug-likeness (QED) is 0.630. The number of hydrogen-bond acceptors (Lipinski definition) is 6. The van der Waals surface area contributed by atoms with Crippen LogP contribution in [0.15, 0.2) is 52.9 Å². The number of methoxy groups -OCH3 is 1. The number of carbonyl (C=O) groups is 1. The number of amides is 1. The smallest absolute Gasteiger partial charge is 0.286 e. The minimum absolute atomic E-state index is 0.0154. The largest absolute Gasteiger partial charge is 0.459 e. The average Bonchev–Trinajstić information content (AvgIpc) is 3.27. The van der Waals surface area contributed by atoms with E-state index in [0.29, 0.717) is 26.2 Å². The van der Waals surface area contributed by atoms with Crippen LogP contribution in [0.5, 0.6) is 0 Å². The fraction of sp³-hybridized carbons (Fsp3) is 0.381. The van der Waals surface area contributed by atoms with E-state index in [4.69, 9.17) is 19.3 Å². The van der Waals surface area contributed by atoms with Crippen molar-refractivity contribution < 1.29 is 24.1 Å². The molecule has 0 saturated carbocycles. The number of ether oxygens (including phenoxy) is 3. The Balaban J connectivity index is 1.65. The molecule has 28 heavy (non-hydrogen) atoms. The Morgan fingerprint density at radius 2 is 2.07 bits per heavy atom. The van der Waals surface area contributed by atoms with Gasteiger partial charge in [-0.1, -0.05) is 24.3 Å². The van der Waals surface area contributed by atoms with Gasteiger partial charge in [0, 0.05) is 26.0 Å². The Kier molecular flexibility index (Phi) is 7.62. The van der Waals surface area contributed by atoms with E-state index in [1.54, 1.807) is 18.4 Å². The molecule has 1 aromatic heterocycles. The van der Waals surface area contributed by atoms with Gasteiger partial charge in [0.05, 0.1) is 19.8 Å². The van der Waals surface area contributed by atoms with E-state index in [1.165, 1.54) is 0 Å². The lowest BCUT2D eigenvalue weighted by Gasteiger charge is -2.29. The van der Waals surface area contributed by atoms with Gasteiger partial charge in [0.25, 0.3) is 5.91 Å². The SMILES string of the molecule is COCCNC(=O)C1=C[C@@H](c2ccsc2)C[C@@H](OCc2ccc(CO)cc2)O1. The van der Waals surface area contributed by atoms with Crippen LogP contribution in [0, 0.1) is 0 Å². The first-order chi connectivity index (χ1) is 13.7. The molecule has 3 rings (SSSR count). The first-order valence-corrected chi connectivity index (χ1v) is 10.1. The minimum atomic E-state index is -0.518. The molecule has 0 saturated heterocycles. The maximum Gasteiger partial charge on any atom is 0.286 e. The summed E-state index contributed by atoms with van der Waals surface area (Å²) >= 11 is 1.63. The highest BCUT2D eigenvalue weighted by atomic mass is 32.1. The second kappa shape index (κ2) is 10.4. The summed E-state index contributed by atoms with van der Waals surface area (Å²) < 4.78 is 16.7. The molecule has 1 aromatic carbocycles. The number of rotatable bonds is 9. The van der Waals surface area contributed by atoms with Crippen LogP contribution in [-0.4, -0.2) is 37.6 Å². The number of benzene rings is 1. The van der Waals surface area contributed by atoms with Crippen molar-refractivity contribution in [3.05, 3.63) is 69.6 Å². The Labute approximate surface area is 168 Å². The van der Waals surface area contributed by atoms with Crippen molar-refractivity contribution in [2.75, 3.05) is 20.3 Å². The van der Waals surface area contributed by atoms with Gasteiger partial charge in [-0.25, -0.2) is 0 Å². The van der Waals surface area contributed by atoms with E-state index in [9.17, 15) is 4.79 Å². The van der Waals surface area contributed by atoms with E-state index >= 15 is 0 Å². The third-order valence-corrected chi connectivity index (χ3v) is 5.19. The topological polar surface area (TPSA) is 77.0 Å². The Morgan fingerprint density at radius 1 is 1.29 bits per heavy atom. The molecule has 150 valence electrons. The molecule has 2 aromatic rings. The zero-order valence-electron chi connectivity index (χ0n) is 15.8. The molecule has 1 amide bonds. The molecule has 2 atom stereocenters. The lowest BCUT2D eigenvalue weighted by molar-refractivity contribution is -0.150. The van der Waals surface area contributed by atoms with Gasteiger partial charge in [-0.15, -0.1) is 0 Å². The van der Waals surface area contributed by atoms with Gasteiger partial charge in [-0.2, -0.15) is 11.3 Å². The van der Waals surface area contributed by atoms with Gasteiger partial charge in [0.15, 0.2) is 5.76 Å². The second-order valence-electron chi connectivity index (χ2n) is 6.51. The summed E-state index contributed by atoms with van der Waals surface area (Å²) in [5.41, 5.74) is 2.98. The summed E-state index contributed by atoms with van der Waals surface area (Å²) in [6, 6.07) is 9.62. The molecule has 2 heterocycles. The van der Waals surface area contributed by atoms with E-state index < -0.39 is 6.29 Å². The molecular formula is C21H25NO5S. The summed E-state index contributed by atoms with van der Waals surface area (Å²) in [6.07, 6.45) is 1.98. The number of aliphatic hydroxyl groups is 1. The van der Waals surface area contributed by atoms with Crippen LogP contribution in [0.3, 0.4) is 0 Å². The van der Waals surface area contributed by atoms with Crippen LogP contribution in [-0.2, 0) is 32.2 Å². The second-order valence-corrected chi connectivity index (χ2v) is 7.29. The zero-order valence-corrected chi connectivity index (χ0v) is 16.6. The number of hydrogen-bond donors (Lipinski definition) is 2. The van der Waals surface area contributed by atoms with Gasteiger partial charge in [-0.05, 0) is 39.6 Å². The highest BCUT2D eigenvalue weighted by Crippen LogP contribution is 2.32. The monoisotopic (exact) mass is 403 g/mol. The molecule has 1 aliphatic heterocycles. The van der Waals surface area contributed by atoms with Crippen molar-refractivity contribution in [1.29, 1.82) is 0 Å². The lowest BCUT2D eigenvalue weighted by Crippen LogP contribution is -2.34. The maximum atomic E-state index is 12.4. The Bertz CT molecular complexity index is 773. The van der Waals surface area contributed by atoms with Crippen LogP contribution >= 0.6 is 11.3 Å². The first-order valence-electron chi connectivity index (χ1n) is 9.17. The summed E-state index contributed by atoms with van der Waals surface area (Å²) in [5, 5.41) is 16.0. The molecule has 0 radical (unpaired) electrons. The predicted molar refractivity (Wildman–Crippen MR) is 107 cm³/mol. The van der Waals surface area contributed by atoms with Gasteiger partial charge in [0.2, 0.25) is 6.29 Å². The van der Waals surface area contributed by atoms with E-state index in [-0.39, 0.29) is 24.2 Å². The van der Waals surface area contributed by atoms with Crippen molar-refractivity contribution in [2.24, 2.45) is 0 Å². The number of nitrogens with one attached hydrogen (secondary N) is 1. The molecule has 2 N–H and O–H groups in total. The molecule has 0 fully saturated rings. The molecule has 0 spiro atoms. The van der Waals surface area contributed by atoms with Gasteiger partial charge in [0.1, 0.15) is 0 Å². The normalized spacial score (nSPS) is 19.0. The van der Waals surface area contributed by atoms with Crippen LogP contribution in [0.2, 0.25) is 0 Å². The third kappa shape index (κ3) is 5.65. The van der Waals surface area contributed by atoms with Crippen molar-refractivity contribution in [3.8, 4) is 0 Å². The fourth-order valence-electron chi connectivity index (χ4n) is 2.92. The van der Waals surface area contributed by atoms with Crippen molar-refractivity contribution in [3.63, 3.8) is 0 Å². The molecule has 1 aliphatic rings. The Hall–Kier alpha value is -2.19.